The van der Waals surface area contributed by atoms with E-state index < -0.39 is 24.5 Å². The Kier molecular flexibility index (Phi) is 6.15. The fourth-order valence-electron chi connectivity index (χ4n) is 1.19. The first kappa shape index (κ1) is 15.6. The summed E-state index contributed by atoms with van der Waals surface area (Å²) in [6.45, 7) is 3.77. The number of carbonyl (C=O) groups excluding carboxylic acids is 3. The van der Waals surface area contributed by atoms with Crippen molar-refractivity contribution in [3.05, 3.63) is 30.1 Å². The minimum Gasteiger partial charge on any atom is -0.451 e. The third-order valence-electron chi connectivity index (χ3n) is 2.13. The summed E-state index contributed by atoms with van der Waals surface area (Å²) in [6.07, 6.45) is 1.44. The van der Waals surface area contributed by atoms with Crippen LogP contribution in [-0.2, 0) is 9.53 Å². The molecule has 0 radical (unpaired) electrons. The van der Waals surface area contributed by atoms with E-state index in [1.807, 2.05) is 13.8 Å². The van der Waals surface area contributed by atoms with Crippen molar-refractivity contribution in [3.8, 4) is 0 Å². The number of ether oxygens (including phenoxy) is 1. The van der Waals surface area contributed by atoms with E-state index in [0.29, 0.717) is 6.54 Å². The normalized spacial score (nSPS) is 9.95. The van der Waals surface area contributed by atoms with Crippen LogP contribution in [0.25, 0.3) is 0 Å². The van der Waals surface area contributed by atoms with E-state index >= 15 is 0 Å². The quantitative estimate of drug-likeness (QED) is 0.774. The maximum Gasteiger partial charge on any atom is 0.357 e. The van der Waals surface area contributed by atoms with Crippen LogP contribution in [0.1, 0.15) is 24.3 Å². The largest absolute Gasteiger partial charge is 0.451 e. The zero-order valence-corrected chi connectivity index (χ0v) is 11.4. The van der Waals surface area contributed by atoms with Crippen molar-refractivity contribution in [2.75, 3.05) is 13.2 Å². The number of urea groups is 1. The molecule has 1 heterocycles. The van der Waals surface area contributed by atoms with Crippen molar-refractivity contribution in [2.45, 2.75) is 13.8 Å². The fourth-order valence-corrected chi connectivity index (χ4v) is 1.19. The summed E-state index contributed by atoms with van der Waals surface area (Å²) in [7, 11) is 0. The molecule has 0 saturated carbocycles. The molecule has 1 aromatic rings. The van der Waals surface area contributed by atoms with Crippen LogP contribution < -0.4 is 10.6 Å². The minimum absolute atomic E-state index is 0.101. The molecule has 20 heavy (non-hydrogen) atoms. The highest BCUT2D eigenvalue weighted by Gasteiger charge is 2.12. The van der Waals surface area contributed by atoms with Crippen LogP contribution in [0.15, 0.2) is 24.4 Å². The van der Waals surface area contributed by atoms with E-state index in [0.717, 1.165) is 0 Å². The number of nitrogens with one attached hydrogen (secondary N) is 2. The molecule has 0 aromatic carbocycles. The number of rotatable bonds is 5. The number of esters is 1. The Morgan fingerprint density at radius 2 is 2.05 bits per heavy atom. The predicted molar refractivity (Wildman–Crippen MR) is 70.9 cm³/mol. The van der Waals surface area contributed by atoms with Crippen molar-refractivity contribution >= 4 is 17.9 Å². The van der Waals surface area contributed by atoms with Gasteiger partial charge in [0.25, 0.3) is 5.91 Å². The Balaban J connectivity index is 2.30. The van der Waals surface area contributed by atoms with Gasteiger partial charge in [0, 0.05) is 12.7 Å². The first-order valence-corrected chi connectivity index (χ1v) is 6.15. The molecule has 0 bridgehead atoms. The van der Waals surface area contributed by atoms with E-state index in [4.69, 9.17) is 4.74 Å². The van der Waals surface area contributed by atoms with Crippen LogP contribution in [0.2, 0.25) is 0 Å². The molecule has 7 nitrogen and oxygen atoms in total. The number of amides is 3. The number of nitrogens with zero attached hydrogens (tertiary/aromatic N) is 1. The molecule has 0 unspecified atom stereocenters. The minimum atomic E-state index is -0.719. The smallest absolute Gasteiger partial charge is 0.357 e. The molecular formula is C13H17N3O4. The van der Waals surface area contributed by atoms with Gasteiger partial charge in [-0.25, -0.2) is 14.6 Å². The average molecular weight is 279 g/mol. The molecule has 0 aliphatic heterocycles. The van der Waals surface area contributed by atoms with Crippen LogP contribution in [-0.4, -0.2) is 36.0 Å². The molecule has 3 amide bonds. The molecule has 0 spiro atoms. The fraction of sp³-hybridized carbons (Fsp3) is 0.385. The van der Waals surface area contributed by atoms with Gasteiger partial charge in [-0.3, -0.25) is 10.1 Å². The summed E-state index contributed by atoms with van der Waals surface area (Å²) in [4.78, 5) is 37.9. The van der Waals surface area contributed by atoms with E-state index in [9.17, 15) is 14.4 Å². The summed E-state index contributed by atoms with van der Waals surface area (Å²) < 4.78 is 4.72. The molecule has 0 saturated heterocycles. The lowest BCUT2D eigenvalue weighted by atomic mass is 10.2. The second-order valence-electron chi connectivity index (χ2n) is 4.44. The average Bonchev–Trinajstić information content (AvgIpc) is 2.43. The van der Waals surface area contributed by atoms with E-state index in [2.05, 4.69) is 15.6 Å². The summed E-state index contributed by atoms with van der Waals surface area (Å²) in [5.74, 6) is -1.14. The molecule has 0 fully saturated rings. The first-order chi connectivity index (χ1) is 9.49. The third kappa shape index (κ3) is 5.94. The Morgan fingerprint density at radius 3 is 2.65 bits per heavy atom. The lowest BCUT2D eigenvalue weighted by Gasteiger charge is -2.08. The number of imide groups is 1. The second kappa shape index (κ2) is 7.88. The summed E-state index contributed by atoms with van der Waals surface area (Å²) in [5, 5.41) is 4.56. The van der Waals surface area contributed by atoms with Crippen molar-refractivity contribution in [1.29, 1.82) is 0 Å². The van der Waals surface area contributed by atoms with Crippen LogP contribution >= 0.6 is 0 Å². The molecule has 108 valence electrons. The number of pyridine rings is 1. The van der Waals surface area contributed by atoms with Crippen molar-refractivity contribution in [2.24, 2.45) is 5.92 Å². The van der Waals surface area contributed by atoms with Gasteiger partial charge in [0.1, 0.15) is 5.69 Å². The Bertz CT molecular complexity index is 474. The first-order valence-electron chi connectivity index (χ1n) is 6.15. The van der Waals surface area contributed by atoms with Gasteiger partial charge in [0.15, 0.2) is 6.61 Å². The van der Waals surface area contributed by atoms with E-state index in [-0.39, 0.29) is 11.6 Å². The molecule has 0 aliphatic carbocycles. The van der Waals surface area contributed by atoms with Gasteiger partial charge in [0.05, 0.1) is 0 Å². The molecular weight excluding hydrogens is 262 g/mol. The highest BCUT2D eigenvalue weighted by molar-refractivity contribution is 5.96. The Labute approximate surface area is 116 Å². The number of hydrogen-bond acceptors (Lipinski definition) is 5. The zero-order chi connectivity index (χ0) is 15.0. The number of hydrogen-bond donors (Lipinski definition) is 2. The van der Waals surface area contributed by atoms with Gasteiger partial charge >= 0.3 is 12.0 Å². The van der Waals surface area contributed by atoms with Crippen molar-refractivity contribution in [1.82, 2.24) is 15.6 Å². The SMILES string of the molecule is CC(C)CNC(=O)NC(=O)COC(=O)c1ccccn1. The second-order valence-corrected chi connectivity index (χ2v) is 4.44. The van der Waals surface area contributed by atoms with Gasteiger partial charge in [-0.1, -0.05) is 19.9 Å². The van der Waals surface area contributed by atoms with E-state index in [1.54, 1.807) is 12.1 Å². The van der Waals surface area contributed by atoms with Crippen LogP contribution in [0.5, 0.6) is 0 Å². The molecule has 1 aromatic heterocycles. The lowest BCUT2D eigenvalue weighted by Crippen LogP contribution is -2.42. The van der Waals surface area contributed by atoms with Gasteiger partial charge in [0.2, 0.25) is 0 Å². The third-order valence-corrected chi connectivity index (χ3v) is 2.13. The van der Waals surface area contributed by atoms with Crippen molar-refractivity contribution in [3.63, 3.8) is 0 Å². The number of aromatic nitrogens is 1. The Hall–Kier alpha value is -2.44. The standard InChI is InChI=1S/C13H17N3O4/c1-9(2)7-15-13(19)16-11(17)8-20-12(18)10-5-3-4-6-14-10/h3-6,9H,7-8H2,1-2H3,(H2,15,16,17,19). The maximum atomic E-state index is 11.5. The molecule has 0 atom stereocenters. The van der Waals surface area contributed by atoms with E-state index in [1.165, 1.54) is 12.3 Å². The molecule has 1 rings (SSSR count). The topological polar surface area (TPSA) is 97.4 Å². The predicted octanol–water partition coefficient (Wildman–Crippen LogP) is 0.720. The highest BCUT2D eigenvalue weighted by atomic mass is 16.5. The highest BCUT2D eigenvalue weighted by Crippen LogP contribution is 1.96. The number of carbonyl (C=O) groups is 3. The zero-order valence-electron chi connectivity index (χ0n) is 11.4. The van der Waals surface area contributed by atoms with Gasteiger partial charge in [-0.2, -0.15) is 0 Å². The summed E-state index contributed by atoms with van der Waals surface area (Å²) >= 11 is 0. The Morgan fingerprint density at radius 1 is 1.30 bits per heavy atom. The van der Waals surface area contributed by atoms with Crippen LogP contribution in [0.4, 0.5) is 4.79 Å². The van der Waals surface area contributed by atoms with Crippen molar-refractivity contribution < 1.29 is 19.1 Å². The monoisotopic (exact) mass is 279 g/mol. The molecule has 7 heteroatoms. The van der Waals surface area contributed by atoms with Gasteiger partial charge in [-0.15, -0.1) is 0 Å². The van der Waals surface area contributed by atoms with Gasteiger partial charge in [-0.05, 0) is 18.1 Å². The molecule has 2 N–H and O–H groups in total. The lowest BCUT2D eigenvalue weighted by molar-refractivity contribution is -0.123. The maximum absolute atomic E-state index is 11.5. The molecule has 0 aliphatic rings. The van der Waals surface area contributed by atoms with Gasteiger partial charge < -0.3 is 10.1 Å². The van der Waals surface area contributed by atoms with Crippen LogP contribution in [0.3, 0.4) is 0 Å². The van der Waals surface area contributed by atoms with Crippen LogP contribution in [0, 0.1) is 5.92 Å². The summed E-state index contributed by atoms with van der Waals surface area (Å²) in [6, 6.07) is 4.14. The summed E-state index contributed by atoms with van der Waals surface area (Å²) in [5.41, 5.74) is 0.101.